The summed E-state index contributed by atoms with van der Waals surface area (Å²) in [6.45, 7) is 4.33. The molecule has 3 aromatic rings. The third-order valence-electron chi connectivity index (χ3n) is 6.16. The molecular formula is C24H29N3O2S2. The van der Waals surface area contributed by atoms with E-state index in [2.05, 4.69) is 48.1 Å². The van der Waals surface area contributed by atoms with Crippen molar-refractivity contribution in [1.29, 1.82) is 0 Å². The molecule has 1 aliphatic carbocycles. The molecule has 164 valence electrons. The lowest BCUT2D eigenvalue weighted by atomic mass is 9.94. The standard InChI is InChI=1S/C24H29N3O2S2/c1-15(2)16-9-11-17(12-10-16)19-13-30-23-21(19)22(29)25-24(26-23)31-14-20(28)27(3)18-7-5-4-6-8-18/h9-13,15,18H,4-8,14H2,1-3H3,(H,25,26,29). The minimum absolute atomic E-state index is 0.0942. The molecule has 1 fully saturated rings. The van der Waals surface area contributed by atoms with Crippen LogP contribution in [0.15, 0.2) is 39.6 Å². The summed E-state index contributed by atoms with van der Waals surface area (Å²) in [6, 6.07) is 8.71. The van der Waals surface area contributed by atoms with Crippen LogP contribution in [0.2, 0.25) is 0 Å². The molecule has 5 nitrogen and oxygen atoms in total. The molecule has 31 heavy (non-hydrogen) atoms. The molecule has 1 aliphatic rings. The van der Waals surface area contributed by atoms with Crippen LogP contribution < -0.4 is 5.56 Å². The number of aromatic amines is 1. The quantitative estimate of drug-likeness (QED) is 0.385. The molecule has 0 saturated heterocycles. The van der Waals surface area contributed by atoms with Gasteiger partial charge in [-0.15, -0.1) is 11.3 Å². The maximum absolute atomic E-state index is 12.9. The largest absolute Gasteiger partial charge is 0.342 e. The molecule has 1 saturated carbocycles. The van der Waals surface area contributed by atoms with Crippen molar-refractivity contribution >= 4 is 39.2 Å². The number of thiophene rings is 1. The summed E-state index contributed by atoms with van der Waals surface area (Å²) in [5.74, 6) is 0.852. The predicted octanol–water partition coefficient (Wildman–Crippen LogP) is 5.66. The lowest BCUT2D eigenvalue weighted by Crippen LogP contribution is -2.39. The zero-order valence-corrected chi connectivity index (χ0v) is 19.9. The van der Waals surface area contributed by atoms with E-state index in [1.165, 1.54) is 47.9 Å². The summed E-state index contributed by atoms with van der Waals surface area (Å²) in [5.41, 5.74) is 3.06. The van der Waals surface area contributed by atoms with Crippen LogP contribution in [0.4, 0.5) is 0 Å². The van der Waals surface area contributed by atoms with Gasteiger partial charge < -0.3 is 9.88 Å². The fourth-order valence-corrected chi connectivity index (χ4v) is 5.95. The number of thioether (sulfide) groups is 1. The molecule has 1 N–H and O–H groups in total. The van der Waals surface area contributed by atoms with Gasteiger partial charge in [0.1, 0.15) is 4.83 Å². The van der Waals surface area contributed by atoms with E-state index in [0.29, 0.717) is 27.3 Å². The number of nitrogens with one attached hydrogen (secondary N) is 1. The van der Waals surface area contributed by atoms with E-state index in [1.807, 2.05) is 17.3 Å². The van der Waals surface area contributed by atoms with E-state index < -0.39 is 0 Å². The first-order chi connectivity index (χ1) is 14.9. The zero-order valence-electron chi connectivity index (χ0n) is 18.3. The van der Waals surface area contributed by atoms with Crippen LogP contribution in [0.3, 0.4) is 0 Å². The summed E-state index contributed by atoms with van der Waals surface area (Å²) in [7, 11) is 1.90. The third kappa shape index (κ3) is 4.88. The first-order valence-electron chi connectivity index (χ1n) is 10.9. The molecule has 4 rings (SSSR count). The summed E-state index contributed by atoms with van der Waals surface area (Å²) < 4.78 is 0. The second-order valence-electron chi connectivity index (χ2n) is 8.56. The normalized spacial score (nSPS) is 15.0. The molecule has 0 spiro atoms. The van der Waals surface area contributed by atoms with Crippen molar-refractivity contribution in [3.63, 3.8) is 0 Å². The van der Waals surface area contributed by atoms with Crippen molar-refractivity contribution in [3.8, 4) is 11.1 Å². The number of H-pyrrole nitrogens is 1. The molecule has 7 heteroatoms. The molecule has 1 aromatic carbocycles. The first-order valence-corrected chi connectivity index (χ1v) is 12.8. The van der Waals surface area contributed by atoms with Gasteiger partial charge in [0.2, 0.25) is 5.91 Å². The fourth-order valence-electron chi connectivity index (χ4n) is 4.16. The minimum atomic E-state index is -0.148. The van der Waals surface area contributed by atoms with E-state index >= 15 is 0 Å². The second kappa shape index (κ2) is 9.57. The summed E-state index contributed by atoms with van der Waals surface area (Å²) >= 11 is 2.78. The fraction of sp³-hybridized carbons (Fsp3) is 0.458. The van der Waals surface area contributed by atoms with Gasteiger partial charge in [-0.05, 0) is 29.9 Å². The number of amides is 1. The Kier molecular flexibility index (Phi) is 6.82. The van der Waals surface area contributed by atoms with E-state index in [0.717, 1.165) is 24.0 Å². The number of nitrogens with zero attached hydrogens (tertiary/aromatic N) is 2. The third-order valence-corrected chi connectivity index (χ3v) is 7.89. The number of rotatable bonds is 6. The van der Waals surface area contributed by atoms with E-state index in [4.69, 9.17) is 0 Å². The van der Waals surface area contributed by atoms with Crippen LogP contribution in [-0.2, 0) is 4.79 Å². The summed E-state index contributed by atoms with van der Waals surface area (Å²) in [6.07, 6.45) is 5.83. The maximum atomic E-state index is 12.9. The van der Waals surface area contributed by atoms with Gasteiger partial charge in [0.25, 0.3) is 5.56 Å². The Hall–Kier alpha value is -2.12. The summed E-state index contributed by atoms with van der Waals surface area (Å²) in [5, 5.41) is 3.12. The molecule has 0 bridgehead atoms. The minimum Gasteiger partial charge on any atom is -0.342 e. The number of carbonyl (C=O) groups is 1. The van der Waals surface area contributed by atoms with Crippen LogP contribution in [0, 0.1) is 0 Å². The molecule has 1 amide bonds. The number of carbonyl (C=O) groups excluding carboxylic acids is 1. The Bertz CT molecular complexity index is 1110. The van der Waals surface area contributed by atoms with Crippen LogP contribution in [-0.4, -0.2) is 39.6 Å². The molecule has 2 heterocycles. The lowest BCUT2D eigenvalue weighted by Gasteiger charge is -2.31. The predicted molar refractivity (Wildman–Crippen MR) is 130 cm³/mol. The number of hydrogen-bond acceptors (Lipinski definition) is 5. The number of hydrogen-bond donors (Lipinski definition) is 1. The smallest absolute Gasteiger partial charge is 0.260 e. The summed E-state index contributed by atoms with van der Waals surface area (Å²) in [4.78, 5) is 35.6. The van der Waals surface area contributed by atoms with Gasteiger partial charge in [0.05, 0.1) is 11.1 Å². The number of benzene rings is 1. The van der Waals surface area contributed by atoms with Crippen LogP contribution in [0.1, 0.15) is 57.4 Å². The van der Waals surface area contributed by atoms with Crippen molar-refractivity contribution < 1.29 is 4.79 Å². The van der Waals surface area contributed by atoms with Gasteiger partial charge in [0, 0.05) is 24.0 Å². The Morgan fingerprint density at radius 2 is 1.94 bits per heavy atom. The molecule has 0 atom stereocenters. The topological polar surface area (TPSA) is 66.1 Å². The zero-order chi connectivity index (χ0) is 22.0. The molecule has 2 aromatic heterocycles. The van der Waals surface area contributed by atoms with Gasteiger partial charge >= 0.3 is 0 Å². The molecular weight excluding hydrogens is 426 g/mol. The van der Waals surface area contributed by atoms with Gasteiger partial charge in [-0.1, -0.05) is 69.1 Å². The molecule has 0 aliphatic heterocycles. The molecule has 0 unspecified atom stereocenters. The van der Waals surface area contributed by atoms with E-state index in [9.17, 15) is 9.59 Å². The lowest BCUT2D eigenvalue weighted by molar-refractivity contribution is -0.129. The van der Waals surface area contributed by atoms with Crippen molar-refractivity contribution in [2.75, 3.05) is 12.8 Å². The Morgan fingerprint density at radius 1 is 1.23 bits per heavy atom. The number of fused-ring (bicyclic) bond motifs is 1. The molecule has 0 radical (unpaired) electrons. The van der Waals surface area contributed by atoms with Crippen LogP contribution in [0.25, 0.3) is 21.3 Å². The average Bonchev–Trinajstić information content (AvgIpc) is 3.22. The van der Waals surface area contributed by atoms with Crippen LogP contribution in [0.5, 0.6) is 0 Å². The van der Waals surface area contributed by atoms with Gasteiger partial charge in [-0.2, -0.15) is 0 Å². The monoisotopic (exact) mass is 455 g/mol. The van der Waals surface area contributed by atoms with Gasteiger partial charge in [-0.3, -0.25) is 9.59 Å². The highest BCUT2D eigenvalue weighted by molar-refractivity contribution is 7.99. The van der Waals surface area contributed by atoms with Crippen molar-refractivity contribution in [2.45, 2.75) is 63.1 Å². The number of aromatic nitrogens is 2. The van der Waals surface area contributed by atoms with Gasteiger partial charge in [-0.25, -0.2) is 4.98 Å². The maximum Gasteiger partial charge on any atom is 0.260 e. The van der Waals surface area contributed by atoms with Gasteiger partial charge in [0.15, 0.2) is 5.16 Å². The Labute approximate surface area is 191 Å². The van der Waals surface area contributed by atoms with E-state index in [-0.39, 0.29) is 17.2 Å². The highest BCUT2D eigenvalue weighted by atomic mass is 32.2. The first kappa shape index (κ1) is 22.1. The van der Waals surface area contributed by atoms with Crippen molar-refractivity contribution in [3.05, 3.63) is 45.6 Å². The Balaban J connectivity index is 1.49. The second-order valence-corrected chi connectivity index (χ2v) is 10.4. The SMILES string of the molecule is CC(C)c1ccc(-c2csc3nc(SCC(=O)N(C)C4CCCCC4)[nH]c(=O)c23)cc1. The highest BCUT2D eigenvalue weighted by Crippen LogP contribution is 2.32. The highest BCUT2D eigenvalue weighted by Gasteiger charge is 2.22. The Morgan fingerprint density at radius 3 is 2.61 bits per heavy atom. The van der Waals surface area contributed by atoms with E-state index in [1.54, 1.807) is 0 Å². The average molecular weight is 456 g/mol. The van der Waals surface area contributed by atoms with Crippen LogP contribution >= 0.6 is 23.1 Å². The van der Waals surface area contributed by atoms with Crippen molar-refractivity contribution in [1.82, 2.24) is 14.9 Å². The van der Waals surface area contributed by atoms with Crippen molar-refractivity contribution in [2.24, 2.45) is 0 Å².